The molecule has 1 N–H and O–H groups in total. The first-order valence-corrected chi connectivity index (χ1v) is 11.5. The maximum atomic E-state index is 10.6. The van der Waals surface area contributed by atoms with E-state index in [2.05, 4.69) is 60.6 Å². The molecule has 0 radical (unpaired) electrons. The zero-order valence-corrected chi connectivity index (χ0v) is 19.9. The van der Waals surface area contributed by atoms with Gasteiger partial charge in [0.15, 0.2) is 0 Å². The third-order valence-corrected chi connectivity index (χ3v) is 5.85. The molecule has 0 unspecified atom stereocenters. The minimum atomic E-state index is 0.0178. The molecule has 0 heterocycles. The van der Waals surface area contributed by atoms with E-state index in [-0.39, 0.29) is 10.8 Å². The van der Waals surface area contributed by atoms with Crippen LogP contribution in [0.3, 0.4) is 0 Å². The number of aromatic hydroxyl groups is 1. The maximum absolute atomic E-state index is 10.6. The van der Waals surface area contributed by atoms with Crippen LogP contribution in [0.5, 0.6) is 5.75 Å². The van der Waals surface area contributed by atoms with Gasteiger partial charge >= 0.3 is 0 Å². The lowest BCUT2D eigenvalue weighted by molar-refractivity contribution is 0.477. The van der Waals surface area contributed by atoms with Crippen molar-refractivity contribution in [2.75, 3.05) is 0 Å². The number of hydrogen-bond acceptors (Lipinski definition) is 1. The van der Waals surface area contributed by atoms with Gasteiger partial charge in [0.25, 0.3) is 0 Å². The fourth-order valence-corrected chi connectivity index (χ4v) is 4.19. The quantitative estimate of drug-likeness (QED) is 0.445. The van der Waals surface area contributed by atoms with Crippen molar-refractivity contribution in [2.24, 2.45) is 0 Å². The molecule has 0 aliphatic heterocycles. The average Bonchev–Trinajstić information content (AvgIpc) is 2.63. The Balaban J connectivity index is 2.47. The summed E-state index contributed by atoms with van der Waals surface area (Å²) < 4.78 is 0. The van der Waals surface area contributed by atoms with Gasteiger partial charge in [0.2, 0.25) is 0 Å². The Bertz CT molecular complexity index is 787. The summed E-state index contributed by atoms with van der Waals surface area (Å²) in [6.07, 6.45) is 9.08. The Morgan fingerprint density at radius 3 is 1.86 bits per heavy atom. The van der Waals surface area contributed by atoms with Crippen molar-refractivity contribution in [3.05, 3.63) is 53.1 Å². The lowest BCUT2D eigenvalue weighted by Gasteiger charge is -2.30. The Kier molecular flexibility index (Phi) is 7.97. The largest absolute Gasteiger partial charge is 0.507 e. The summed E-state index contributed by atoms with van der Waals surface area (Å²) in [6.45, 7) is 16.0. The molecule has 0 aliphatic carbocycles. The van der Waals surface area contributed by atoms with E-state index in [0.29, 0.717) is 5.75 Å². The third-order valence-electron chi connectivity index (χ3n) is 5.85. The standard InChI is InChI=1S/C28H42O/c1-8-9-10-11-12-13-16-21-19-25(28(5,6)7)23(20-24(21)27(2,3)4)22-17-14-15-18-26(22)29/h14-15,17-20,29H,8-13,16H2,1-7H3. The van der Waals surface area contributed by atoms with Gasteiger partial charge in [-0.2, -0.15) is 0 Å². The van der Waals surface area contributed by atoms with Crippen LogP contribution < -0.4 is 0 Å². The molecule has 1 nitrogen and oxygen atoms in total. The van der Waals surface area contributed by atoms with Crippen LogP contribution in [-0.4, -0.2) is 5.11 Å². The van der Waals surface area contributed by atoms with E-state index in [0.717, 1.165) is 12.0 Å². The molecule has 160 valence electrons. The van der Waals surface area contributed by atoms with E-state index in [1.807, 2.05) is 18.2 Å². The molecular formula is C28H42O. The van der Waals surface area contributed by atoms with Crippen LogP contribution in [0.1, 0.15) is 104 Å². The van der Waals surface area contributed by atoms with Crippen molar-refractivity contribution in [3.63, 3.8) is 0 Å². The minimum Gasteiger partial charge on any atom is -0.507 e. The second-order valence-corrected chi connectivity index (χ2v) is 10.6. The molecule has 2 rings (SSSR count). The summed E-state index contributed by atoms with van der Waals surface area (Å²) in [5, 5.41) is 10.6. The molecule has 0 aliphatic rings. The Morgan fingerprint density at radius 2 is 1.28 bits per heavy atom. The number of para-hydroxylation sites is 1. The molecule has 29 heavy (non-hydrogen) atoms. The van der Waals surface area contributed by atoms with Crippen LogP contribution in [0.15, 0.2) is 36.4 Å². The molecule has 2 aromatic rings. The number of phenols is 1. The van der Waals surface area contributed by atoms with Crippen molar-refractivity contribution in [3.8, 4) is 16.9 Å². The molecule has 0 saturated carbocycles. The van der Waals surface area contributed by atoms with Crippen LogP contribution in [0, 0.1) is 0 Å². The smallest absolute Gasteiger partial charge is 0.123 e. The van der Waals surface area contributed by atoms with Crippen molar-refractivity contribution in [1.29, 1.82) is 0 Å². The third kappa shape index (κ3) is 6.36. The van der Waals surface area contributed by atoms with Gasteiger partial charge in [-0.25, -0.2) is 0 Å². The van der Waals surface area contributed by atoms with Crippen molar-refractivity contribution in [1.82, 2.24) is 0 Å². The van der Waals surface area contributed by atoms with Crippen LogP contribution in [0.4, 0.5) is 0 Å². The van der Waals surface area contributed by atoms with Gasteiger partial charge < -0.3 is 5.11 Å². The normalized spacial score (nSPS) is 12.4. The number of aryl methyl sites for hydroxylation is 1. The lowest BCUT2D eigenvalue weighted by Crippen LogP contribution is -2.19. The maximum Gasteiger partial charge on any atom is 0.123 e. The zero-order chi connectivity index (χ0) is 21.7. The minimum absolute atomic E-state index is 0.0178. The SMILES string of the molecule is CCCCCCCCc1cc(C(C)(C)C)c(-c2ccccc2O)cc1C(C)(C)C. The number of hydrogen-bond donors (Lipinski definition) is 1. The first kappa shape index (κ1) is 23.5. The molecule has 0 amide bonds. The number of phenolic OH excluding ortho intramolecular Hbond substituents is 1. The topological polar surface area (TPSA) is 20.2 Å². The van der Waals surface area contributed by atoms with Gasteiger partial charge in [-0.1, -0.05) is 105 Å². The van der Waals surface area contributed by atoms with Gasteiger partial charge in [-0.05, 0) is 58.1 Å². The van der Waals surface area contributed by atoms with Crippen LogP contribution in [-0.2, 0) is 17.3 Å². The average molecular weight is 395 g/mol. The molecule has 0 spiro atoms. The number of rotatable bonds is 8. The van der Waals surface area contributed by atoms with Crippen LogP contribution in [0.25, 0.3) is 11.1 Å². The van der Waals surface area contributed by atoms with Gasteiger partial charge in [-0.15, -0.1) is 0 Å². The summed E-state index contributed by atoms with van der Waals surface area (Å²) in [5.74, 6) is 0.363. The van der Waals surface area contributed by atoms with Crippen LogP contribution in [0.2, 0.25) is 0 Å². The van der Waals surface area contributed by atoms with Crippen molar-refractivity contribution in [2.45, 2.75) is 104 Å². The highest BCUT2D eigenvalue weighted by Crippen LogP contribution is 2.41. The summed E-state index contributed by atoms with van der Waals surface area (Å²) in [5.41, 5.74) is 6.43. The van der Waals surface area contributed by atoms with Gasteiger partial charge in [0.05, 0.1) is 0 Å². The number of benzene rings is 2. The van der Waals surface area contributed by atoms with E-state index in [9.17, 15) is 5.11 Å². The first-order valence-electron chi connectivity index (χ1n) is 11.5. The highest BCUT2D eigenvalue weighted by molar-refractivity contribution is 5.75. The monoisotopic (exact) mass is 394 g/mol. The molecule has 0 bridgehead atoms. The molecule has 0 fully saturated rings. The van der Waals surface area contributed by atoms with Gasteiger partial charge in [0.1, 0.15) is 5.75 Å². The van der Waals surface area contributed by atoms with Gasteiger partial charge in [-0.3, -0.25) is 0 Å². The Labute approximate surface area is 179 Å². The van der Waals surface area contributed by atoms with E-state index < -0.39 is 0 Å². The van der Waals surface area contributed by atoms with E-state index in [4.69, 9.17) is 0 Å². The molecule has 0 atom stereocenters. The predicted molar refractivity (Wildman–Crippen MR) is 128 cm³/mol. The predicted octanol–water partition coefficient (Wildman–Crippen LogP) is 8.56. The molecule has 0 saturated heterocycles. The fraction of sp³-hybridized carbons (Fsp3) is 0.571. The Morgan fingerprint density at radius 1 is 0.690 bits per heavy atom. The second kappa shape index (κ2) is 9.83. The number of unbranched alkanes of at least 4 members (excludes halogenated alkanes) is 5. The van der Waals surface area contributed by atoms with E-state index >= 15 is 0 Å². The fourth-order valence-electron chi connectivity index (χ4n) is 4.19. The summed E-state index contributed by atoms with van der Waals surface area (Å²) in [4.78, 5) is 0. The van der Waals surface area contributed by atoms with Crippen molar-refractivity contribution >= 4 is 0 Å². The molecule has 2 aromatic carbocycles. The lowest BCUT2D eigenvalue weighted by atomic mass is 9.74. The summed E-state index contributed by atoms with van der Waals surface area (Å²) in [7, 11) is 0. The van der Waals surface area contributed by atoms with Gasteiger partial charge in [0, 0.05) is 5.56 Å². The highest BCUT2D eigenvalue weighted by Gasteiger charge is 2.26. The highest BCUT2D eigenvalue weighted by atomic mass is 16.3. The first-order chi connectivity index (χ1) is 13.6. The summed E-state index contributed by atoms with van der Waals surface area (Å²) >= 11 is 0. The molecular weight excluding hydrogens is 352 g/mol. The van der Waals surface area contributed by atoms with Crippen molar-refractivity contribution < 1.29 is 5.11 Å². The van der Waals surface area contributed by atoms with Crippen LogP contribution >= 0.6 is 0 Å². The Hall–Kier alpha value is -1.76. The molecule has 1 heteroatoms. The van der Waals surface area contributed by atoms with E-state index in [1.165, 1.54) is 60.8 Å². The zero-order valence-electron chi connectivity index (χ0n) is 19.9. The summed E-state index contributed by atoms with van der Waals surface area (Å²) in [6, 6.07) is 12.6. The van der Waals surface area contributed by atoms with E-state index in [1.54, 1.807) is 6.07 Å². The molecule has 0 aromatic heterocycles. The second-order valence-electron chi connectivity index (χ2n) is 10.6.